The van der Waals surface area contributed by atoms with Crippen molar-refractivity contribution in [1.29, 1.82) is 0 Å². The molecule has 0 aliphatic carbocycles. The number of nitrogens with one attached hydrogen (secondary N) is 1. The maximum atomic E-state index is 12.1. The molecule has 0 bridgehead atoms. The number of hydrogen-bond acceptors (Lipinski definition) is 6. The van der Waals surface area contributed by atoms with Gasteiger partial charge in [-0.05, 0) is 37.6 Å². The van der Waals surface area contributed by atoms with Crippen LogP contribution in [0, 0.1) is 0 Å². The van der Waals surface area contributed by atoms with Crippen molar-refractivity contribution in [2.75, 3.05) is 17.7 Å². The van der Waals surface area contributed by atoms with Gasteiger partial charge in [0.2, 0.25) is 5.13 Å². The minimum absolute atomic E-state index is 0.193. The van der Waals surface area contributed by atoms with Crippen molar-refractivity contribution in [2.24, 2.45) is 0 Å². The second-order valence-corrected chi connectivity index (χ2v) is 6.45. The molecule has 0 unspecified atom stereocenters. The van der Waals surface area contributed by atoms with Crippen molar-refractivity contribution in [2.45, 2.75) is 24.6 Å². The number of benzene rings is 1. The molecule has 1 N–H and O–H groups in total. The zero-order valence-corrected chi connectivity index (χ0v) is 13.6. The smallest absolute Gasteiger partial charge is 0.257 e. The molecule has 2 rings (SSSR count). The van der Waals surface area contributed by atoms with Gasteiger partial charge in [-0.15, -0.1) is 10.2 Å². The van der Waals surface area contributed by atoms with E-state index >= 15 is 0 Å². The van der Waals surface area contributed by atoms with E-state index < -0.39 is 0 Å². The van der Waals surface area contributed by atoms with Gasteiger partial charge in [0, 0.05) is 11.3 Å². The lowest BCUT2D eigenvalue weighted by atomic mass is 10.2. The quantitative estimate of drug-likeness (QED) is 0.622. The number of carbonyl (C=O) groups excluding carboxylic acids is 1. The Morgan fingerprint density at radius 1 is 1.29 bits per heavy atom. The molecule has 1 aromatic carbocycles. The van der Waals surface area contributed by atoms with Gasteiger partial charge >= 0.3 is 0 Å². The van der Waals surface area contributed by atoms with E-state index in [0.29, 0.717) is 17.3 Å². The molecule has 112 valence electrons. The summed E-state index contributed by atoms with van der Waals surface area (Å²) in [5.74, 6) is 1.56. The minimum atomic E-state index is -0.193. The van der Waals surface area contributed by atoms with E-state index in [1.54, 1.807) is 36.0 Å². The molecule has 1 aromatic heterocycles. The fourth-order valence-electron chi connectivity index (χ4n) is 1.55. The Morgan fingerprint density at radius 3 is 2.71 bits per heavy atom. The Kier molecular flexibility index (Phi) is 6.01. The summed E-state index contributed by atoms with van der Waals surface area (Å²) in [6.45, 7) is 4.64. The first kappa shape index (κ1) is 15.8. The molecule has 0 saturated carbocycles. The summed E-state index contributed by atoms with van der Waals surface area (Å²) in [6.07, 6.45) is 1.08. The summed E-state index contributed by atoms with van der Waals surface area (Å²) < 4.78 is 6.22. The van der Waals surface area contributed by atoms with Gasteiger partial charge in [0.25, 0.3) is 5.91 Å². The average Bonchev–Trinajstić information content (AvgIpc) is 2.93. The van der Waals surface area contributed by atoms with Crippen LogP contribution in [-0.2, 0) is 0 Å². The molecule has 0 saturated heterocycles. The molecule has 0 aliphatic rings. The molecule has 1 amide bonds. The topological polar surface area (TPSA) is 64.1 Å². The number of hydrogen-bond donors (Lipinski definition) is 1. The van der Waals surface area contributed by atoms with E-state index in [-0.39, 0.29) is 5.91 Å². The number of rotatable bonds is 7. The number of anilines is 1. The number of thioether (sulfide) groups is 1. The van der Waals surface area contributed by atoms with Gasteiger partial charge in [-0.25, -0.2) is 0 Å². The highest BCUT2D eigenvalue weighted by Crippen LogP contribution is 2.26. The second kappa shape index (κ2) is 7.99. The van der Waals surface area contributed by atoms with Gasteiger partial charge in [-0.3, -0.25) is 10.1 Å². The van der Waals surface area contributed by atoms with Crippen LogP contribution in [0.1, 0.15) is 30.6 Å². The van der Waals surface area contributed by atoms with Crippen LogP contribution >= 0.6 is 23.1 Å². The Balaban J connectivity index is 1.95. The average molecular weight is 323 g/mol. The second-order valence-electron chi connectivity index (χ2n) is 4.13. The van der Waals surface area contributed by atoms with Gasteiger partial charge in [0.05, 0.1) is 6.61 Å². The van der Waals surface area contributed by atoms with Gasteiger partial charge < -0.3 is 4.74 Å². The highest BCUT2D eigenvalue weighted by Gasteiger charge is 2.10. The highest BCUT2D eigenvalue weighted by molar-refractivity contribution is 8.01. The third-order valence-corrected chi connectivity index (χ3v) is 4.66. The zero-order chi connectivity index (χ0) is 15.1. The predicted molar refractivity (Wildman–Crippen MR) is 86.5 cm³/mol. The lowest BCUT2D eigenvalue weighted by Gasteiger charge is -2.04. The molecule has 0 fully saturated rings. The van der Waals surface area contributed by atoms with Gasteiger partial charge in [-0.2, -0.15) is 0 Å². The van der Waals surface area contributed by atoms with E-state index in [0.717, 1.165) is 22.3 Å². The fraction of sp³-hybridized carbons (Fsp3) is 0.357. The number of ether oxygens (including phenoxy) is 1. The number of amides is 1. The summed E-state index contributed by atoms with van der Waals surface area (Å²) in [6, 6.07) is 7.02. The summed E-state index contributed by atoms with van der Waals surface area (Å²) >= 11 is 3.04. The van der Waals surface area contributed by atoms with E-state index in [1.807, 2.05) is 6.92 Å². The molecule has 0 atom stereocenters. The largest absolute Gasteiger partial charge is 0.494 e. The standard InChI is InChI=1S/C14H17N3O2S2/c1-3-9-20-14-17-16-13(21-14)15-12(18)10-5-7-11(8-6-10)19-4-2/h5-8H,3-4,9H2,1-2H3,(H,15,16,18). The van der Waals surface area contributed by atoms with Gasteiger partial charge in [0.1, 0.15) is 5.75 Å². The number of aromatic nitrogens is 2. The molecule has 0 aliphatic heterocycles. The molecular formula is C14H17N3O2S2. The maximum absolute atomic E-state index is 12.1. The van der Waals surface area contributed by atoms with Crippen molar-refractivity contribution >= 4 is 34.1 Å². The lowest BCUT2D eigenvalue weighted by Crippen LogP contribution is -2.11. The van der Waals surface area contributed by atoms with Crippen molar-refractivity contribution in [3.05, 3.63) is 29.8 Å². The molecule has 7 heteroatoms. The molecule has 0 radical (unpaired) electrons. The van der Waals surface area contributed by atoms with Crippen molar-refractivity contribution in [1.82, 2.24) is 10.2 Å². The van der Waals surface area contributed by atoms with Crippen molar-refractivity contribution in [3.8, 4) is 5.75 Å². The molecule has 5 nitrogen and oxygen atoms in total. The predicted octanol–water partition coefficient (Wildman–Crippen LogP) is 3.69. The molecule has 21 heavy (non-hydrogen) atoms. The molecule has 1 heterocycles. The Bertz CT molecular complexity index is 584. The van der Waals surface area contributed by atoms with Crippen molar-refractivity contribution < 1.29 is 9.53 Å². The maximum Gasteiger partial charge on any atom is 0.257 e. The molecule has 0 spiro atoms. The highest BCUT2D eigenvalue weighted by atomic mass is 32.2. The number of nitrogens with zero attached hydrogens (tertiary/aromatic N) is 2. The Hall–Kier alpha value is -1.60. The third-order valence-electron chi connectivity index (χ3n) is 2.48. The third kappa shape index (κ3) is 4.71. The van der Waals surface area contributed by atoms with E-state index in [4.69, 9.17) is 4.74 Å². The van der Waals surface area contributed by atoms with Crippen LogP contribution in [0.25, 0.3) is 0 Å². The van der Waals surface area contributed by atoms with Gasteiger partial charge in [-0.1, -0.05) is 30.0 Å². The van der Waals surface area contributed by atoms with Crippen LogP contribution in [0.5, 0.6) is 5.75 Å². The van der Waals surface area contributed by atoms with E-state index in [2.05, 4.69) is 22.4 Å². The van der Waals surface area contributed by atoms with Crippen LogP contribution in [0.15, 0.2) is 28.6 Å². The zero-order valence-electron chi connectivity index (χ0n) is 12.0. The summed E-state index contributed by atoms with van der Waals surface area (Å²) in [5.41, 5.74) is 0.566. The summed E-state index contributed by atoms with van der Waals surface area (Å²) in [5, 5.41) is 11.3. The van der Waals surface area contributed by atoms with Crippen LogP contribution in [-0.4, -0.2) is 28.5 Å². The Labute approximate surface area is 132 Å². The molecular weight excluding hydrogens is 306 g/mol. The first-order valence-corrected chi connectivity index (χ1v) is 8.53. The van der Waals surface area contributed by atoms with E-state index in [1.165, 1.54) is 11.3 Å². The van der Waals surface area contributed by atoms with Crippen molar-refractivity contribution in [3.63, 3.8) is 0 Å². The summed E-state index contributed by atoms with van der Waals surface area (Å²) in [7, 11) is 0. The van der Waals surface area contributed by atoms with E-state index in [9.17, 15) is 4.79 Å². The normalized spacial score (nSPS) is 10.4. The minimum Gasteiger partial charge on any atom is -0.494 e. The Morgan fingerprint density at radius 2 is 2.05 bits per heavy atom. The van der Waals surface area contributed by atoms with Crippen LogP contribution in [0.4, 0.5) is 5.13 Å². The van der Waals surface area contributed by atoms with Gasteiger partial charge in [0.15, 0.2) is 4.34 Å². The first-order valence-electron chi connectivity index (χ1n) is 6.73. The lowest BCUT2D eigenvalue weighted by molar-refractivity contribution is 0.102. The van der Waals surface area contributed by atoms with Crippen LogP contribution in [0.2, 0.25) is 0 Å². The van der Waals surface area contributed by atoms with Crippen LogP contribution in [0.3, 0.4) is 0 Å². The fourth-order valence-corrected chi connectivity index (χ4v) is 3.22. The van der Waals surface area contributed by atoms with Crippen LogP contribution < -0.4 is 10.1 Å². The SMILES string of the molecule is CCCSc1nnc(NC(=O)c2ccc(OCC)cc2)s1. The summed E-state index contributed by atoms with van der Waals surface area (Å²) in [4.78, 5) is 12.1. The molecule has 2 aromatic rings. The monoisotopic (exact) mass is 323 g/mol. The first-order chi connectivity index (χ1) is 10.2. The number of carbonyl (C=O) groups is 1.